The molecule has 0 fully saturated rings. The van der Waals surface area contributed by atoms with Crippen LogP contribution in [0.25, 0.3) is 21.7 Å². The van der Waals surface area contributed by atoms with Gasteiger partial charge in [-0.15, -0.1) is 11.3 Å². The molecular weight excluding hydrogens is 268 g/mol. The first-order chi connectivity index (χ1) is 9.67. The van der Waals surface area contributed by atoms with Gasteiger partial charge in [0.15, 0.2) is 5.82 Å². The van der Waals surface area contributed by atoms with E-state index >= 15 is 0 Å². The second-order valence-corrected chi connectivity index (χ2v) is 5.90. The van der Waals surface area contributed by atoms with Gasteiger partial charge in [0.05, 0.1) is 5.39 Å². The zero-order valence-electron chi connectivity index (χ0n) is 11.8. The second kappa shape index (κ2) is 5.17. The number of fused-ring (bicyclic) bond motifs is 1. The zero-order valence-corrected chi connectivity index (χ0v) is 12.6. The molecule has 5 heteroatoms. The number of aryl methyl sites for hydroxylation is 2. The maximum atomic E-state index is 4.66. The number of thiophene rings is 1. The summed E-state index contributed by atoms with van der Waals surface area (Å²) in [5, 5.41) is 4.41. The van der Waals surface area contributed by atoms with Crippen molar-refractivity contribution in [2.24, 2.45) is 0 Å². The molecule has 0 aromatic carbocycles. The second-order valence-electron chi connectivity index (χ2n) is 4.67. The Balaban J connectivity index is 2.21. The summed E-state index contributed by atoms with van der Waals surface area (Å²) in [5.74, 6) is 1.57. The van der Waals surface area contributed by atoms with Gasteiger partial charge in [-0.3, -0.25) is 0 Å². The lowest BCUT2D eigenvalue weighted by Gasteiger charge is -2.07. The van der Waals surface area contributed by atoms with E-state index in [9.17, 15) is 0 Å². The normalized spacial score (nSPS) is 10.9. The molecule has 0 amide bonds. The monoisotopic (exact) mass is 284 g/mol. The van der Waals surface area contributed by atoms with Crippen molar-refractivity contribution < 1.29 is 0 Å². The van der Waals surface area contributed by atoms with Gasteiger partial charge >= 0.3 is 0 Å². The van der Waals surface area contributed by atoms with Crippen molar-refractivity contribution in [1.82, 2.24) is 15.0 Å². The average Bonchev–Trinajstić information content (AvgIpc) is 2.79. The number of nitrogens with one attached hydrogen (secondary N) is 1. The Morgan fingerprint density at radius 1 is 1.15 bits per heavy atom. The van der Waals surface area contributed by atoms with E-state index in [2.05, 4.69) is 40.2 Å². The van der Waals surface area contributed by atoms with Crippen LogP contribution >= 0.6 is 11.3 Å². The maximum absolute atomic E-state index is 4.66. The number of nitrogens with zero attached hydrogens (tertiary/aromatic N) is 3. The highest BCUT2D eigenvalue weighted by atomic mass is 32.1. The molecule has 0 saturated heterocycles. The van der Waals surface area contributed by atoms with Crippen molar-refractivity contribution in [2.75, 3.05) is 11.9 Å². The number of hydrogen-bond acceptors (Lipinski definition) is 5. The summed E-state index contributed by atoms with van der Waals surface area (Å²) in [7, 11) is 0. The standard InChI is InChI=1S/C15H16N4S/c1-4-16-13-11-8-10(3)20-15(11)19-14(18-13)12-7-5-6-9(2)17-12/h5-8H,4H2,1-3H3,(H,16,18,19). The van der Waals surface area contributed by atoms with Gasteiger partial charge in [-0.2, -0.15) is 0 Å². The maximum Gasteiger partial charge on any atom is 0.181 e. The van der Waals surface area contributed by atoms with Gasteiger partial charge in [-0.05, 0) is 39.0 Å². The summed E-state index contributed by atoms with van der Waals surface area (Å²) >= 11 is 1.69. The lowest BCUT2D eigenvalue weighted by atomic mass is 10.3. The van der Waals surface area contributed by atoms with Crippen LogP contribution in [0.1, 0.15) is 17.5 Å². The van der Waals surface area contributed by atoms with Crippen molar-refractivity contribution >= 4 is 27.4 Å². The summed E-state index contributed by atoms with van der Waals surface area (Å²) < 4.78 is 0. The fourth-order valence-corrected chi connectivity index (χ4v) is 3.01. The topological polar surface area (TPSA) is 50.7 Å². The van der Waals surface area contributed by atoms with Crippen LogP contribution in [0.4, 0.5) is 5.82 Å². The number of pyridine rings is 1. The third-order valence-electron chi connectivity index (χ3n) is 2.98. The summed E-state index contributed by atoms with van der Waals surface area (Å²) in [6.45, 7) is 6.97. The molecule has 0 unspecified atom stereocenters. The highest BCUT2D eigenvalue weighted by Gasteiger charge is 2.12. The highest BCUT2D eigenvalue weighted by molar-refractivity contribution is 7.18. The quantitative estimate of drug-likeness (QED) is 0.794. The van der Waals surface area contributed by atoms with Crippen molar-refractivity contribution in [3.05, 3.63) is 34.8 Å². The molecule has 3 aromatic heterocycles. The average molecular weight is 284 g/mol. The lowest BCUT2D eigenvalue weighted by molar-refractivity contribution is 1.12. The molecule has 0 aliphatic carbocycles. The number of hydrogen-bond donors (Lipinski definition) is 1. The first-order valence-corrected chi connectivity index (χ1v) is 7.45. The number of aromatic nitrogens is 3. The van der Waals surface area contributed by atoms with Crippen molar-refractivity contribution in [3.8, 4) is 11.5 Å². The number of rotatable bonds is 3. The first-order valence-electron chi connectivity index (χ1n) is 6.63. The van der Waals surface area contributed by atoms with E-state index in [0.717, 1.165) is 34.0 Å². The SMILES string of the molecule is CCNc1nc(-c2cccc(C)n2)nc2sc(C)cc12. The van der Waals surface area contributed by atoms with Crippen LogP contribution in [0, 0.1) is 13.8 Å². The summed E-state index contributed by atoms with van der Waals surface area (Å²) in [6, 6.07) is 8.04. The van der Waals surface area contributed by atoms with E-state index in [1.165, 1.54) is 4.88 Å². The Morgan fingerprint density at radius 3 is 2.75 bits per heavy atom. The molecule has 3 aromatic rings. The fraction of sp³-hybridized carbons (Fsp3) is 0.267. The van der Waals surface area contributed by atoms with Gasteiger partial charge in [-0.25, -0.2) is 15.0 Å². The molecule has 0 saturated carbocycles. The van der Waals surface area contributed by atoms with Gasteiger partial charge in [0.2, 0.25) is 0 Å². The van der Waals surface area contributed by atoms with Gasteiger partial charge in [0.25, 0.3) is 0 Å². The molecule has 0 aliphatic rings. The third-order valence-corrected chi connectivity index (χ3v) is 3.92. The van der Waals surface area contributed by atoms with Gasteiger partial charge in [0.1, 0.15) is 16.3 Å². The molecule has 102 valence electrons. The third kappa shape index (κ3) is 2.36. The Labute approximate surface area is 121 Å². The summed E-state index contributed by atoms with van der Waals surface area (Å²) in [6.07, 6.45) is 0. The van der Waals surface area contributed by atoms with E-state index in [4.69, 9.17) is 0 Å². The molecule has 0 aliphatic heterocycles. The van der Waals surface area contributed by atoms with Crippen LogP contribution in [0.5, 0.6) is 0 Å². The Morgan fingerprint density at radius 2 is 2.00 bits per heavy atom. The molecule has 1 N–H and O–H groups in total. The predicted molar refractivity (Wildman–Crippen MR) is 84.3 cm³/mol. The van der Waals surface area contributed by atoms with E-state index in [-0.39, 0.29) is 0 Å². The molecule has 3 heterocycles. The van der Waals surface area contributed by atoms with Crippen molar-refractivity contribution in [1.29, 1.82) is 0 Å². The molecule has 3 rings (SSSR count). The van der Waals surface area contributed by atoms with Crippen LogP contribution in [0.15, 0.2) is 24.3 Å². The molecule has 0 radical (unpaired) electrons. The van der Waals surface area contributed by atoms with Crippen molar-refractivity contribution in [2.45, 2.75) is 20.8 Å². The van der Waals surface area contributed by atoms with Crippen LogP contribution in [0.3, 0.4) is 0 Å². The minimum absolute atomic E-state index is 0.680. The van der Waals surface area contributed by atoms with Gasteiger partial charge in [-0.1, -0.05) is 6.07 Å². The molecule has 0 bridgehead atoms. The largest absolute Gasteiger partial charge is 0.370 e. The minimum Gasteiger partial charge on any atom is -0.370 e. The Bertz CT molecular complexity index is 764. The number of anilines is 1. The first kappa shape index (κ1) is 13.0. The molecule has 0 spiro atoms. The zero-order chi connectivity index (χ0) is 14.1. The Kier molecular flexibility index (Phi) is 3.36. The summed E-state index contributed by atoms with van der Waals surface area (Å²) in [4.78, 5) is 16.0. The fourth-order valence-electron chi connectivity index (χ4n) is 2.13. The smallest absolute Gasteiger partial charge is 0.181 e. The summed E-state index contributed by atoms with van der Waals surface area (Å²) in [5.41, 5.74) is 1.79. The van der Waals surface area contributed by atoms with E-state index in [0.29, 0.717) is 5.82 Å². The van der Waals surface area contributed by atoms with Crippen LogP contribution < -0.4 is 5.32 Å². The van der Waals surface area contributed by atoms with E-state index < -0.39 is 0 Å². The van der Waals surface area contributed by atoms with Gasteiger partial charge < -0.3 is 5.32 Å². The van der Waals surface area contributed by atoms with E-state index in [1.54, 1.807) is 11.3 Å². The van der Waals surface area contributed by atoms with Crippen LogP contribution in [-0.4, -0.2) is 21.5 Å². The molecule has 4 nitrogen and oxygen atoms in total. The highest BCUT2D eigenvalue weighted by Crippen LogP contribution is 2.30. The molecule has 0 atom stereocenters. The minimum atomic E-state index is 0.680. The van der Waals surface area contributed by atoms with Crippen LogP contribution in [0.2, 0.25) is 0 Å². The van der Waals surface area contributed by atoms with Crippen LogP contribution in [-0.2, 0) is 0 Å². The molecule has 20 heavy (non-hydrogen) atoms. The predicted octanol–water partition coefficient (Wildman–Crippen LogP) is 3.80. The Hall–Kier alpha value is -2.01. The van der Waals surface area contributed by atoms with Crippen molar-refractivity contribution in [3.63, 3.8) is 0 Å². The molecular formula is C15H16N4S. The van der Waals surface area contributed by atoms with Gasteiger partial charge in [0, 0.05) is 17.1 Å². The lowest BCUT2D eigenvalue weighted by Crippen LogP contribution is -2.02. The van der Waals surface area contributed by atoms with E-state index in [1.807, 2.05) is 25.1 Å².